The molecule has 0 aliphatic heterocycles. The number of benzene rings is 1. The van der Waals surface area contributed by atoms with E-state index in [9.17, 15) is 14.4 Å². The number of carbonyl (C=O) groups is 3. The third-order valence-corrected chi connectivity index (χ3v) is 2.62. The van der Waals surface area contributed by atoms with Crippen molar-refractivity contribution < 1.29 is 29.0 Å². The fraction of sp³-hybridized carbons (Fsp3) is 0.267. The maximum atomic E-state index is 11.6. The van der Waals surface area contributed by atoms with Crippen LogP contribution in [0, 0.1) is 6.92 Å². The van der Waals surface area contributed by atoms with Crippen molar-refractivity contribution in [3.63, 3.8) is 0 Å². The van der Waals surface area contributed by atoms with E-state index in [-0.39, 0.29) is 18.8 Å². The maximum Gasteiger partial charge on any atom is 0.411 e. The molecular weight excluding hydrogens is 304 g/mol. The number of amides is 2. The van der Waals surface area contributed by atoms with Crippen LogP contribution in [0.4, 0.5) is 21.0 Å². The second kappa shape index (κ2) is 8.42. The van der Waals surface area contributed by atoms with Gasteiger partial charge in [0, 0.05) is 16.9 Å². The molecule has 0 saturated heterocycles. The van der Waals surface area contributed by atoms with E-state index < -0.39 is 18.2 Å². The molecule has 0 bridgehead atoms. The minimum Gasteiger partial charge on any atom is -0.465 e. The summed E-state index contributed by atoms with van der Waals surface area (Å²) in [5.41, 5.74) is 1.70. The average Bonchev–Trinajstić information content (AvgIpc) is 2.46. The second-order valence-corrected chi connectivity index (χ2v) is 4.64. The number of carboxylic acid groups (broad SMARTS) is 1. The van der Waals surface area contributed by atoms with E-state index in [1.54, 1.807) is 19.1 Å². The molecule has 0 radical (unpaired) electrons. The summed E-state index contributed by atoms with van der Waals surface area (Å²) < 4.78 is 9.63. The van der Waals surface area contributed by atoms with E-state index >= 15 is 0 Å². The van der Waals surface area contributed by atoms with Crippen LogP contribution in [-0.4, -0.2) is 36.5 Å². The molecule has 0 atom stereocenters. The van der Waals surface area contributed by atoms with Crippen molar-refractivity contribution >= 4 is 29.5 Å². The van der Waals surface area contributed by atoms with Crippen molar-refractivity contribution in [2.45, 2.75) is 13.8 Å². The van der Waals surface area contributed by atoms with Crippen LogP contribution in [0.3, 0.4) is 0 Å². The van der Waals surface area contributed by atoms with Crippen LogP contribution in [0.15, 0.2) is 30.4 Å². The third kappa shape index (κ3) is 6.51. The first-order chi connectivity index (χ1) is 10.8. The van der Waals surface area contributed by atoms with Crippen molar-refractivity contribution in [3.8, 4) is 0 Å². The van der Waals surface area contributed by atoms with Gasteiger partial charge in [-0.3, -0.25) is 10.6 Å². The van der Waals surface area contributed by atoms with Crippen molar-refractivity contribution in [1.82, 2.24) is 0 Å². The molecule has 1 aromatic carbocycles. The van der Waals surface area contributed by atoms with Crippen LogP contribution in [0.1, 0.15) is 12.5 Å². The number of esters is 1. The predicted molar refractivity (Wildman–Crippen MR) is 83.6 cm³/mol. The normalized spacial score (nSPS) is 9.65. The zero-order valence-corrected chi connectivity index (χ0v) is 12.8. The molecule has 0 aliphatic carbocycles. The standard InChI is InChI=1S/C15H18N2O6/c1-9(2)13(18)22-6-7-23-15(21)17-12-8-11(16-14(19)20)5-4-10(12)3/h4-5,8,16H,1,6-7H2,2-3H3,(H,17,21)(H,19,20). The van der Waals surface area contributed by atoms with Gasteiger partial charge in [0.2, 0.25) is 0 Å². The first-order valence-electron chi connectivity index (χ1n) is 6.66. The van der Waals surface area contributed by atoms with Gasteiger partial charge in [-0.1, -0.05) is 12.6 Å². The Hall–Kier alpha value is -3.03. The van der Waals surface area contributed by atoms with Gasteiger partial charge in [0.25, 0.3) is 0 Å². The third-order valence-electron chi connectivity index (χ3n) is 2.62. The molecule has 0 unspecified atom stereocenters. The summed E-state index contributed by atoms with van der Waals surface area (Å²) in [4.78, 5) is 33.4. The van der Waals surface area contributed by atoms with Gasteiger partial charge in [0.1, 0.15) is 13.2 Å². The van der Waals surface area contributed by atoms with E-state index in [1.165, 1.54) is 13.0 Å². The van der Waals surface area contributed by atoms with Gasteiger partial charge >= 0.3 is 18.2 Å². The SMILES string of the molecule is C=C(C)C(=O)OCCOC(=O)Nc1cc(NC(=O)O)ccc1C. The summed E-state index contributed by atoms with van der Waals surface area (Å²) in [5, 5.41) is 13.3. The number of anilines is 2. The first kappa shape index (κ1) is 18.0. The molecule has 1 rings (SSSR count). The van der Waals surface area contributed by atoms with E-state index in [0.717, 1.165) is 5.56 Å². The number of rotatable bonds is 6. The molecule has 2 amide bonds. The minimum atomic E-state index is -1.21. The van der Waals surface area contributed by atoms with Crippen molar-refractivity contribution in [2.75, 3.05) is 23.8 Å². The van der Waals surface area contributed by atoms with Gasteiger partial charge < -0.3 is 14.6 Å². The van der Waals surface area contributed by atoms with Crippen LogP contribution in [0.5, 0.6) is 0 Å². The van der Waals surface area contributed by atoms with Crippen LogP contribution < -0.4 is 10.6 Å². The van der Waals surface area contributed by atoms with E-state index in [0.29, 0.717) is 11.4 Å². The van der Waals surface area contributed by atoms with Gasteiger partial charge in [-0.15, -0.1) is 0 Å². The quantitative estimate of drug-likeness (QED) is 0.421. The summed E-state index contributed by atoms with van der Waals surface area (Å²) in [6.07, 6.45) is -1.95. The zero-order valence-electron chi connectivity index (χ0n) is 12.8. The van der Waals surface area contributed by atoms with Crippen LogP contribution in [0.25, 0.3) is 0 Å². The highest BCUT2D eigenvalue weighted by Crippen LogP contribution is 2.20. The Bertz CT molecular complexity index is 626. The van der Waals surface area contributed by atoms with Crippen LogP contribution >= 0.6 is 0 Å². The number of hydrogen-bond acceptors (Lipinski definition) is 5. The second-order valence-electron chi connectivity index (χ2n) is 4.64. The molecule has 0 heterocycles. The fourth-order valence-electron chi connectivity index (χ4n) is 1.50. The molecule has 0 saturated carbocycles. The van der Waals surface area contributed by atoms with Gasteiger partial charge in [-0.25, -0.2) is 14.4 Å². The molecule has 1 aromatic rings. The summed E-state index contributed by atoms with van der Waals surface area (Å²) >= 11 is 0. The Labute approximate surface area is 133 Å². The highest BCUT2D eigenvalue weighted by Gasteiger charge is 2.09. The Morgan fingerprint density at radius 3 is 2.43 bits per heavy atom. The molecule has 0 spiro atoms. The van der Waals surface area contributed by atoms with E-state index in [4.69, 9.17) is 14.6 Å². The first-order valence-corrected chi connectivity index (χ1v) is 6.66. The van der Waals surface area contributed by atoms with E-state index in [2.05, 4.69) is 17.2 Å². The number of ether oxygens (including phenoxy) is 2. The Balaban J connectivity index is 2.49. The van der Waals surface area contributed by atoms with Gasteiger partial charge in [0.05, 0.1) is 0 Å². The topological polar surface area (TPSA) is 114 Å². The molecule has 8 heteroatoms. The number of nitrogens with one attached hydrogen (secondary N) is 2. The lowest BCUT2D eigenvalue weighted by Crippen LogP contribution is -2.19. The summed E-state index contributed by atoms with van der Waals surface area (Å²) in [6, 6.07) is 4.68. The van der Waals surface area contributed by atoms with E-state index in [1.807, 2.05) is 0 Å². The molecule has 3 N–H and O–H groups in total. The predicted octanol–water partition coefficient (Wildman–Crippen LogP) is 2.75. The van der Waals surface area contributed by atoms with Crippen LogP contribution in [-0.2, 0) is 14.3 Å². The van der Waals surface area contributed by atoms with Crippen LogP contribution in [0.2, 0.25) is 0 Å². The zero-order chi connectivity index (χ0) is 17.4. The number of aryl methyl sites for hydroxylation is 1. The lowest BCUT2D eigenvalue weighted by Gasteiger charge is -2.11. The molecule has 0 aromatic heterocycles. The smallest absolute Gasteiger partial charge is 0.411 e. The summed E-state index contributed by atoms with van der Waals surface area (Å²) in [5.74, 6) is -0.558. The minimum absolute atomic E-state index is 0.0846. The van der Waals surface area contributed by atoms with Crippen molar-refractivity contribution in [2.24, 2.45) is 0 Å². The van der Waals surface area contributed by atoms with Gasteiger partial charge in [-0.05, 0) is 31.5 Å². The Kier molecular flexibility index (Phi) is 6.60. The lowest BCUT2D eigenvalue weighted by atomic mass is 10.2. The molecule has 124 valence electrons. The Morgan fingerprint density at radius 1 is 1.17 bits per heavy atom. The molecule has 0 aliphatic rings. The highest BCUT2D eigenvalue weighted by atomic mass is 16.6. The highest BCUT2D eigenvalue weighted by molar-refractivity contribution is 5.89. The number of carbonyl (C=O) groups excluding carboxylic acids is 2. The van der Waals surface area contributed by atoms with Crippen molar-refractivity contribution in [1.29, 1.82) is 0 Å². The molecule has 23 heavy (non-hydrogen) atoms. The summed E-state index contributed by atoms with van der Waals surface area (Å²) in [6.45, 7) is 6.48. The molecule has 0 fully saturated rings. The summed E-state index contributed by atoms with van der Waals surface area (Å²) in [7, 11) is 0. The lowest BCUT2D eigenvalue weighted by molar-refractivity contribution is -0.139. The maximum absolute atomic E-state index is 11.6. The fourth-order valence-corrected chi connectivity index (χ4v) is 1.50. The molecule has 8 nitrogen and oxygen atoms in total. The Morgan fingerprint density at radius 2 is 1.83 bits per heavy atom. The van der Waals surface area contributed by atoms with Gasteiger partial charge in [-0.2, -0.15) is 0 Å². The van der Waals surface area contributed by atoms with Gasteiger partial charge in [0.15, 0.2) is 0 Å². The molecular formula is C15H18N2O6. The average molecular weight is 322 g/mol. The monoisotopic (exact) mass is 322 g/mol. The number of hydrogen-bond donors (Lipinski definition) is 3. The van der Waals surface area contributed by atoms with Crippen molar-refractivity contribution in [3.05, 3.63) is 35.9 Å². The largest absolute Gasteiger partial charge is 0.465 e.